The first-order valence-corrected chi connectivity index (χ1v) is 9.15. The van der Waals surface area contributed by atoms with Crippen LogP contribution in [0.2, 0.25) is 5.02 Å². The molecule has 142 valence electrons. The minimum Gasteiger partial charge on any atom is -0.454 e. The van der Waals surface area contributed by atoms with Crippen molar-refractivity contribution >= 4 is 29.4 Å². The SMILES string of the molecule is C[C@@H]1C[C@@H](C)CN(C(=O)COC(=O)[C@H](C)NC(=O)c2ccccc2Cl)C1. The molecule has 6 nitrogen and oxygen atoms in total. The zero-order valence-corrected chi connectivity index (χ0v) is 16.1. The average Bonchev–Trinajstić information content (AvgIpc) is 2.58. The Hall–Kier alpha value is -2.08. The number of likely N-dealkylation sites (tertiary alicyclic amines) is 1. The van der Waals surface area contributed by atoms with E-state index in [0.29, 0.717) is 29.9 Å². The molecule has 0 aromatic heterocycles. The normalized spacial score (nSPS) is 21.0. The van der Waals surface area contributed by atoms with Crippen molar-refractivity contribution in [1.29, 1.82) is 0 Å². The lowest BCUT2D eigenvalue weighted by Gasteiger charge is -2.34. The Labute approximate surface area is 158 Å². The molecule has 1 aliphatic heterocycles. The Morgan fingerprint density at radius 3 is 2.46 bits per heavy atom. The van der Waals surface area contributed by atoms with E-state index in [-0.39, 0.29) is 18.1 Å². The number of carbonyl (C=O) groups is 3. The van der Waals surface area contributed by atoms with Gasteiger partial charge in [0.05, 0.1) is 10.6 Å². The van der Waals surface area contributed by atoms with Gasteiger partial charge in [-0.05, 0) is 37.3 Å². The summed E-state index contributed by atoms with van der Waals surface area (Å²) >= 11 is 5.97. The minimum absolute atomic E-state index is 0.207. The molecular formula is C19H25ClN2O4. The van der Waals surface area contributed by atoms with E-state index in [9.17, 15) is 14.4 Å². The second kappa shape index (κ2) is 9.03. The van der Waals surface area contributed by atoms with Crippen LogP contribution in [0.3, 0.4) is 0 Å². The summed E-state index contributed by atoms with van der Waals surface area (Å²) in [6.07, 6.45) is 1.09. The number of amides is 2. The van der Waals surface area contributed by atoms with Crippen LogP contribution in [-0.2, 0) is 14.3 Å². The van der Waals surface area contributed by atoms with Crippen molar-refractivity contribution in [3.63, 3.8) is 0 Å². The Morgan fingerprint density at radius 1 is 1.23 bits per heavy atom. The highest BCUT2D eigenvalue weighted by Crippen LogP contribution is 2.21. The van der Waals surface area contributed by atoms with Gasteiger partial charge in [-0.1, -0.05) is 37.6 Å². The van der Waals surface area contributed by atoms with Crippen molar-refractivity contribution < 1.29 is 19.1 Å². The van der Waals surface area contributed by atoms with Gasteiger partial charge in [-0.25, -0.2) is 4.79 Å². The maximum Gasteiger partial charge on any atom is 0.328 e. The average molecular weight is 381 g/mol. The first-order valence-electron chi connectivity index (χ1n) is 8.77. The number of hydrogen-bond donors (Lipinski definition) is 1. The van der Waals surface area contributed by atoms with Crippen molar-refractivity contribution in [2.75, 3.05) is 19.7 Å². The number of nitrogens with one attached hydrogen (secondary N) is 1. The number of piperidine rings is 1. The lowest BCUT2D eigenvalue weighted by molar-refractivity contribution is -0.154. The molecule has 1 aromatic rings. The quantitative estimate of drug-likeness (QED) is 0.796. The van der Waals surface area contributed by atoms with Gasteiger partial charge in [-0.2, -0.15) is 0 Å². The first-order chi connectivity index (χ1) is 12.3. The summed E-state index contributed by atoms with van der Waals surface area (Å²) in [5.74, 6) is -0.456. The Balaban J connectivity index is 1.82. The molecule has 1 aliphatic rings. The van der Waals surface area contributed by atoms with Gasteiger partial charge in [0.1, 0.15) is 6.04 Å². The van der Waals surface area contributed by atoms with Gasteiger partial charge in [0.15, 0.2) is 6.61 Å². The number of esters is 1. The van der Waals surface area contributed by atoms with E-state index in [1.165, 1.54) is 6.92 Å². The number of halogens is 1. The molecule has 2 amide bonds. The number of benzene rings is 1. The van der Waals surface area contributed by atoms with Crippen molar-refractivity contribution in [3.05, 3.63) is 34.9 Å². The molecule has 0 spiro atoms. The molecule has 26 heavy (non-hydrogen) atoms. The molecule has 1 aromatic carbocycles. The molecule has 2 rings (SSSR count). The minimum atomic E-state index is -0.884. The number of hydrogen-bond acceptors (Lipinski definition) is 4. The molecular weight excluding hydrogens is 356 g/mol. The van der Waals surface area contributed by atoms with Crippen LogP contribution in [-0.4, -0.2) is 48.4 Å². The van der Waals surface area contributed by atoms with Crippen LogP contribution in [0.1, 0.15) is 37.6 Å². The van der Waals surface area contributed by atoms with Crippen LogP contribution < -0.4 is 5.32 Å². The molecule has 0 bridgehead atoms. The third-order valence-electron chi connectivity index (χ3n) is 4.38. The summed E-state index contributed by atoms with van der Waals surface area (Å²) in [6.45, 7) is 6.76. The van der Waals surface area contributed by atoms with Crippen LogP contribution in [0.5, 0.6) is 0 Å². The Kier molecular flexibility index (Phi) is 7.03. The monoisotopic (exact) mass is 380 g/mol. The molecule has 0 saturated carbocycles. The van der Waals surface area contributed by atoms with Crippen molar-refractivity contribution in [3.8, 4) is 0 Å². The predicted molar refractivity (Wildman–Crippen MR) is 98.9 cm³/mol. The van der Waals surface area contributed by atoms with Crippen LogP contribution >= 0.6 is 11.6 Å². The van der Waals surface area contributed by atoms with Crippen molar-refractivity contribution in [2.24, 2.45) is 11.8 Å². The molecule has 0 aliphatic carbocycles. The summed E-state index contributed by atoms with van der Waals surface area (Å²) in [6, 6.07) is 5.68. The first kappa shape index (κ1) is 20.2. The fraction of sp³-hybridized carbons (Fsp3) is 0.526. The van der Waals surface area contributed by atoms with Gasteiger partial charge < -0.3 is 15.0 Å². The number of rotatable bonds is 5. The number of ether oxygens (including phenoxy) is 1. The van der Waals surface area contributed by atoms with Gasteiger partial charge in [0.25, 0.3) is 11.8 Å². The standard InChI is InChI=1S/C19H25ClN2O4/c1-12-8-13(2)10-22(9-12)17(23)11-26-19(25)14(3)21-18(24)15-6-4-5-7-16(15)20/h4-7,12-14H,8-11H2,1-3H3,(H,21,24)/t12-,13-,14+/m1/s1. The van der Waals surface area contributed by atoms with E-state index in [1.54, 1.807) is 29.2 Å². The Morgan fingerprint density at radius 2 is 1.85 bits per heavy atom. The van der Waals surface area contributed by atoms with Crippen LogP contribution in [0.4, 0.5) is 0 Å². The molecule has 0 unspecified atom stereocenters. The fourth-order valence-corrected chi connectivity index (χ4v) is 3.42. The van der Waals surface area contributed by atoms with Gasteiger partial charge in [0, 0.05) is 13.1 Å². The van der Waals surface area contributed by atoms with E-state index >= 15 is 0 Å². The fourth-order valence-electron chi connectivity index (χ4n) is 3.19. The van der Waals surface area contributed by atoms with Gasteiger partial charge in [-0.15, -0.1) is 0 Å². The van der Waals surface area contributed by atoms with Gasteiger partial charge >= 0.3 is 5.97 Å². The molecule has 7 heteroatoms. The number of carbonyl (C=O) groups excluding carboxylic acids is 3. The van der Waals surface area contributed by atoms with Crippen molar-refractivity contribution in [2.45, 2.75) is 33.2 Å². The lowest BCUT2D eigenvalue weighted by Crippen LogP contribution is -2.45. The topological polar surface area (TPSA) is 75.7 Å². The second-order valence-corrected chi connectivity index (χ2v) is 7.43. The van der Waals surface area contributed by atoms with Crippen LogP contribution in [0.25, 0.3) is 0 Å². The summed E-state index contributed by atoms with van der Waals surface area (Å²) < 4.78 is 5.08. The largest absolute Gasteiger partial charge is 0.454 e. The highest BCUT2D eigenvalue weighted by Gasteiger charge is 2.27. The van der Waals surface area contributed by atoms with Crippen molar-refractivity contribution in [1.82, 2.24) is 10.2 Å². The van der Waals surface area contributed by atoms with Gasteiger partial charge in [0.2, 0.25) is 0 Å². The third kappa shape index (κ3) is 5.46. The summed E-state index contributed by atoms with van der Waals surface area (Å²) in [7, 11) is 0. The molecule has 1 saturated heterocycles. The molecule has 3 atom stereocenters. The third-order valence-corrected chi connectivity index (χ3v) is 4.71. The Bertz CT molecular complexity index is 669. The molecule has 1 fully saturated rings. The maximum atomic E-state index is 12.2. The van der Waals surface area contributed by atoms with Crippen LogP contribution in [0, 0.1) is 11.8 Å². The highest BCUT2D eigenvalue weighted by molar-refractivity contribution is 6.33. The van der Waals surface area contributed by atoms with E-state index in [1.807, 2.05) is 0 Å². The second-order valence-electron chi connectivity index (χ2n) is 7.03. The lowest BCUT2D eigenvalue weighted by atomic mass is 9.92. The van der Waals surface area contributed by atoms with E-state index < -0.39 is 17.9 Å². The van der Waals surface area contributed by atoms with Crippen LogP contribution in [0.15, 0.2) is 24.3 Å². The van der Waals surface area contributed by atoms with Gasteiger partial charge in [-0.3, -0.25) is 9.59 Å². The van der Waals surface area contributed by atoms with E-state index in [0.717, 1.165) is 6.42 Å². The summed E-state index contributed by atoms with van der Waals surface area (Å²) in [5, 5.41) is 2.83. The van der Waals surface area contributed by atoms with E-state index in [4.69, 9.17) is 16.3 Å². The molecule has 1 N–H and O–H groups in total. The summed E-state index contributed by atoms with van der Waals surface area (Å²) in [4.78, 5) is 38.2. The zero-order chi connectivity index (χ0) is 19.3. The summed E-state index contributed by atoms with van der Waals surface area (Å²) in [5.41, 5.74) is 0.279. The highest BCUT2D eigenvalue weighted by atomic mass is 35.5. The molecule has 1 heterocycles. The zero-order valence-electron chi connectivity index (χ0n) is 15.3. The number of nitrogens with zero attached hydrogens (tertiary/aromatic N) is 1. The molecule has 0 radical (unpaired) electrons. The smallest absolute Gasteiger partial charge is 0.328 e. The van der Waals surface area contributed by atoms with E-state index in [2.05, 4.69) is 19.2 Å². The maximum absolute atomic E-state index is 12.2. The predicted octanol–water partition coefficient (Wildman–Crippen LogP) is 2.51.